The van der Waals surface area contributed by atoms with Crippen LogP contribution in [0.3, 0.4) is 0 Å². The number of hydrogen-bond acceptors (Lipinski definition) is 3. The summed E-state index contributed by atoms with van der Waals surface area (Å²) in [7, 11) is 1.95. The van der Waals surface area contributed by atoms with Gasteiger partial charge in [-0.1, -0.05) is 6.92 Å². The highest BCUT2D eigenvalue weighted by Gasteiger charge is 2.22. The van der Waals surface area contributed by atoms with Crippen LogP contribution in [-0.2, 0) is 7.05 Å². The second-order valence-corrected chi connectivity index (χ2v) is 4.81. The second-order valence-electron chi connectivity index (χ2n) is 3.96. The maximum Gasteiger partial charge on any atom is 0.140 e. The molecule has 92 valence electrons. The Labute approximate surface area is 109 Å². The lowest BCUT2D eigenvalue weighted by Crippen LogP contribution is -2.24. The zero-order valence-electron chi connectivity index (χ0n) is 10.2. The number of furan rings is 1. The van der Waals surface area contributed by atoms with E-state index in [4.69, 9.17) is 4.42 Å². The SMILES string of the molecule is CCNC(c1occc1Br)c1cc(C)nn1C. The maximum atomic E-state index is 5.55. The lowest BCUT2D eigenvalue weighted by Gasteiger charge is -2.16. The van der Waals surface area contributed by atoms with Crippen molar-refractivity contribution in [2.75, 3.05) is 6.54 Å². The van der Waals surface area contributed by atoms with Crippen molar-refractivity contribution in [1.82, 2.24) is 15.1 Å². The molecule has 1 N–H and O–H groups in total. The minimum absolute atomic E-state index is 0.0237. The fourth-order valence-electron chi connectivity index (χ4n) is 1.95. The van der Waals surface area contributed by atoms with E-state index >= 15 is 0 Å². The minimum Gasteiger partial charge on any atom is -0.466 e. The Morgan fingerprint density at radius 3 is 2.82 bits per heavy atom. The summed E-state index contributed by atoms with van der Waals surface area (Å²) < 4.78 is 8.41. The molecular formula is C12H16BrN3O. The monoisotopic (exact) mass is 297 g/mol. The Morgan fingerprint density at radius 2 is 2.35 bits per heavy atom. The normalized spacial score (nSPS) is 12.9. The summed E-state index contributed by atoms with van der Waals surface area (Å²) in [5.74, 6) is 0.884. The van der Waals surface area contributed by atoms with Gasteiger partial charge in [-0.05, 0) is 41.5 Å². The van der Waals surface area contributed by atoms with Gasteiger partial charge >= 0.3 is 0 Å². The first-order valence-electron chi connectivity index (χ1n) is 5.60. The Morgan fingerprint density at radius 1 is 1.59 bits per heavy atom. The van der Waals surface area contributed by atoms with Gasteiger partial charge in [0.1, 0.15) is 11.8 Å². The predicted molar refractivity (Wildman–Crippen MR) is 69.9 cm³/mol. The molecule has 0 fully saturated rings. The maximum absolute atomic E-state index is 5.55. The summed E-state index contributed by atoms with van der Waals surface area (Å²) in [5.41, 5.74) is 2.10. The Bertz CT molecular complexity index is 504. The third-order valence-corrected chi connectivity index (χ3v) is 3.30. The van der Waals surface area contributed by atoms with Crippen LogP contribution in [0, 0.1) is 6.92 Å². The highest BCUT2D eigenvalue weighted by molar-refractivity contribution is 9.10. The van der Waals surface area contributed by atoms with Gasteiger partial charge in [0.15, 0.2) is 0 Å². The molecule has 0 aliphatic rings. The van der Waals surface area contributed by atoms with E-state index in [2.05, 4.69) is 39.3 Å². The van der Waals surface area contributed by atoms with Crippen molar-refractivity contribution in [3.8, 4) is 0 Å². The zero-order valence-corrected chi connectivity index (χ0v) is 11.8. The number of nitrogens with one attached hydrogen (secondary N) is 1. The van der Waals surface area contributed by atoms with Crippen molar-refractivity contribution in [2.45, 2.75) is 19.9 Å². The molecule has 0 saturated heterocycles. The highest BCUT2D eigenvalue weighted by atomic mass is 79.9. The van der Waals surface area contributed by atoms with Gasteiger partial charge in [0.05, 0.1) is 22.1 Å². The Balaban J connectivity index is 2.42. The molecule has 17 heavy (non-hydrogen) atoms. The molecule has 0 saturated carbocycles. The number of halogens is 1. The molecule has 2 aromatic rings. The van der Waals surface area contributed by atoms with E-state index in [1.54, 1.807) is 6.26 Å². The van der Waals surface area contributed by atoms with Gasteiger partial charge in [0.2, 0.25) is 0 Å². The quantitative estimate of drug-likeness (QED) is 0.944. The van der Waals surface area contributed by atoms with Crippen LogP contribution in [0.4, 0.5) is 0 Å². The van der Waals surface area contributed by atoms with E-state index in [1.165, 1.54) is 0 Å². The highest BCUT2D eigenvalue weighted by Crippen LogP contribution is 2.29. The van der Waals surface area contributed by atoms with Crippen molar-refractivity contribution in [2.24, 2.45) is 7.05 Å². The molecule has 2 rings (SSSR count). The average Bonchev–Trinajstić information content (AvgIpc) is 2.82. The molecular weight excluding hydrogens is 282 g/mol. The summed E-state index contributed by atoms with van der Waals surface area (Å²) in [6.45, 7) is 4.93. The molecule has 0 aliphatic heterocycles. The van der Waals surface area contributed by atoms with Crippen LogP contribution >= 0.6 is 15.9 Å². The molecule has 5 heteroatoms. The average molecular weight is 298 g/mol. The summed E-state index contributed by atoms with van der Waals surface area (Å²) in [5, 5.41) is 7.79. The van der Waals surface area contributed by atoms with Gasteiger partial charge in [-0.3, -0.25) is 4.68 Å². The molecule has 4 nitrogen and oxygen atoms in total. The largest absolute Gasteiger partial charge is 0.466 e. The van der Waals surface area contributed by atoms with Crippen LogP contribution in [0.15, 0.2) is 27.3 Å². The molecule has 0 bridgehead atoms. The van der Waals surface area contributed by atoms with Gasteiger partial charge in [-0.15, -0.1) is 0 Å². The number of rotatable bonds is 4. The van der Waals surface area contributed by atoms with Crippen molar-refractivity contribution < 1.29 is 4.42 Å². The standard InChI is InChI=1S/C12H16BrN3O/c1-4-14-11(12-9(13)5-6-17-12)10-7-8(2)15-16(10)3/h5-7,11,14H,4H2,1-3H3. The molecule has 1 unspecified atom stereocenters. The number of nitrogens with zero attached hydrogens (tertiary/aromatic N) is 2. The van der Waals surface area contributed by atoms with Crippen LogP contribution in [0.25, 0.3) is 0 Å². The van der Waals surface area contributed by atoms with Crippen LogP contribution < -0.4 is 5.32 Å². The van der Waals surface area contributed by atoms with Crippen molar-refractivity contribution in [3.05, 3.63) is 40.0 Å². The first-order chi connectivity index (χ1) is 8.13. The third-order valence-electron chi connectivity index (χ3n) is 2.65. The zero-order chi connectivity index (χ0) is 12.4. The lowest BCUT2D eigenvalue weighted by atomic mass is 10.1. The van der Waals surface area contributed by atoms with Crippen LogP contribution in [0.2, 0.25) is 0 Å². The van der Waals surface area contributed by atoms with E-state index in [1.807, 2.05) is 24.7 Å². The van der Waals surface area contributed by atoms with Gasteiger partial charge < -0.3 is 9.73 Å². The molecule has 2 heterocycles. The Hall–Kier alpha value is -1.07. The number of hydrogen-bond donors (Lipinski definition) is 1. The number of aromatic nitrogens is 2. The predicted octanol–water partition coefficient (Wildman–Crippen LogP) is 2.78. The fraction of sp³-hybridized carbons (Fsp3) is 0.417. The summed E-state index contributed by atoms with van der Waals surface area (Å²) in [6, 6.07) is 4.00. The minimum atomic E-state index is 0.0237. The van der Waals surface area contributed by atoms with Gasteiger partial charge in [-0.25, -0.2) is 0 Å². The van der Waals surface area contributed by atoms with Crippen LogP contribution in [-0.4, -0.2) is 16.3 Å². The summed E-state index contributed by atoms with van der Waals surface area (Å²) in [4.78, 5) is 0. The van der Waals surface area contributed by atoms with E-state index in [0.717, 1.165) is 28.2 Å². The van der Waals surface area contributed by atoms with Crippen LogP contribution in [0.5, 0.6) is 0 Å². The first kappa shape index (κ1) is 12.4. The molecule has 2 aromatic heterocycles. The van der Waals surface area contributed by atoms with E-state index < -0.39 is 0 Å². The summed E-state index contributed by atoms with van der Waals surface area (Å²) in [6.07, 6.45) is 1.69. The fourth-order valence-corrected chi connectivity index (χ4v) is 2.38. The molecule has 1 atom stereocenters. The smallest absolute Gasteiger partial charge is 0.140 e. The number of aryl methyl sites for hydroxylation is 2. The topological polar surface area (TPSA) is 43.0 Å². The van der Waals surface area contributed by atoms with E-state index in [-0.39, 0.29) is 6.04 Å². The molecule has 0 spiro atoms. The summed E-state index contributed by atoms with van der Waals surface area (Å²) >= 11 is 3.50. The van der Waals surface area contributed by atoms with Crippen molar-refractivity contribution in [1.29, 1.82) is 0 Å². The van der Waals surface area contributed by atoms with Crippen molar-refractivity contribution >= 4 is 15.9 Å². The second kappa shape index (κ2) is 5.06. The third kappa shape index (κ3) is 2.45. The first-order valence-corrected chi connectivity index (χ1v) is 6.39. The van der Waals surface area contributed by atoms with Gasteiger partial charge in [0.25, 0.3) is 0 Å². The molecule has 0 aromatic carbocycles. The van der Waals surface area contributed by atoms with Gasteiger partial charge in [0, 0.05) is 7.05 Å². The molecule has 0 radical (unpaired) electrons. The van der Waals surface area contributed by atoms with E-state index in [9.17, 15) is 0 Å². The van der Waals surface area contributed by atoms with E-state index in [0.29, 0.717) is 0 Å². The van der Waals surface area contributed by atoms with Gasteiger partial charge in [-0.2, -0.15) is 5.10 Å². The molecule has 0 aliphatic carbocycles. The lowest BCUT2D eigenvalue weighted by molar-refractivity contribution is 0.435. The van der Waals surface area contributed by atoms with Crippen LogP contribution in [0.1, 0.15) is 30.1 Å². The van der Waals surface area contributed by atoms with Crippen molar-refractivity contribution in [3.63, 3.8) is 0 Å². The molecule has 0 amide bonds. The Kier molecular flexibility index (Phi) is 3.69.